The average Bonchev–Trinajstić information content (AvgIpc) is 3.55. The lowest BCUT2D eigenvalue weighted by Gasteiger charge is -2.42. The summed E-state index contributed by atoms with van der Waals surface area (Å²) in [6.45, 7) is 6.55. The van der Waals surface area contributed by atoms with Crippen molar-refractivity contribution in [3.05, 3.63) is 83.7 Å². The van der Waals surface area contributed by atoms with Gasteiger partial charge < -0.3 is 19.1 Å². The van der Waals surface area contributed by atoms with Crippen molar-refractivity contribution >= 4 is 33.6 Å². The second-order valence-electron chi connectivity index (χ2n) is 13.9. The van der Waals surface area contributed by atoms with Crippen molar-refractivity contribution in [3.8, 4) is 11.1 Å². The number of nitrogens with zero attached hydrogens (tertiary/aromatic N) is 3. The van der Waals surface area contributed by atoms with Crippen molar-refractivity contribution in [2.75, 3.05) is 56.6 Å². The Kier molecular flexibility index (Phi) is 11.5. The molecular weight excluding hydrogens is 635 g/mol. The van der Waals surface area contributed by atoms with E-state index < -0.39 is 57.2 Å². The first-order valence-corrected chi connectivity index (χ1v) is 18.9. The molecule has 0 N–H and O–H groups in total. The first-order chi connectivity index (χ1) is 21.6. The van der Waals surface area contributed by atoms with Crippen LogP contribution in [0.5, 0.6) is 0 Å². The quantitative estimate of drug-likeness (QED) is 0.195. The van der Waals surface area contributed by atoms with Gasteiger partial charge in [-0.3, -0.25) is 4.79 Å². The number of benzene rings is 2. The zero-order valence-electron chi connectivity index (χ0n) is 27.4. The molecule has 0 radical (unpaired) electrons. The molecule has 2 aromatic carbocycles. The van der Waals surface area contributed by atoms with Gasteiger partial charge in [0.15, 0.2) is 0 Å². The number of carbonyl (C=O) groups is 2. The van der Waals surface area contributed by atoms with Crippen LogP contribution in [-0.4, -0.2) is 89.2 Å². The molecule has 1 aliphatic heterocycles. The van der Waals surface area contributed by atoms with Gasteiger partial charge in [-0.15, -0.1) is 11.6 Å². The lowest BCUT2D eigenvalue weighted by atomic mass is 9.82. The highest BCUT2D eigenvalue weighted by Gasteiger charge is 2.43. The molecule has 0 unspecified atom stereocenters. The van der Waals surface area contributed by atoms with Crippen molar-refractivity contribution in [1.29, 1.82) is 0 Å². The van der Waals surface area contributed by atoms with Crippen LogP contribution in [0.1, 0.15) is 38.1 Å². The largest absolute Gasteiger partial charge is 0.449 e. The molecule has 252 valence electrons. The minimum atomic E-state index is -1.37. The minimum Gasteiger partial charge on any atom is -0.449 e. The summed E-state index contributed by atoms with van der Waals surface area (Å²) in [5.41, 5.74) is 1.59. The fourth-order valence-electron chi connectivity index (χ4n) is 5.92. The van der Waals surface area contributed by atoms with E-state index in [-0.39, 0.29) is 37.7 Å². The fraction of sp³-hybridized carbons (Fsp3) is 0.486. The number of hydrogen-bond acceptors (Lipinski definition) is 3. The molecule has 1 saturated heterocycles. The van der Waals surface area contributed by atoms with Gasteiger partial charge in [0.05, 0.1) is 12.6 Å². The Morgan fingerprint density at radius 3 is 2.39 bits per heavy atom. The van der Waals surface area contributed by atoms with Crippen LogP contribution in [0.2, 0.25) is 0 Å². The van der Waals surface area contributed by atoms with Crippen LogP contribution in [0.25, 0.3) is 11.1 Å². The summed E-state index contributed by atoms with van der Waals surface area (Å²) in [6.07, 6.45) is 6.22. The summed E-state index contributed by atoms with van der Waals surface area (Å²) >= 11 is 6.17. The van der Waals surface area contributed by atoms with E-state index in [1.807, 2.05) is 55.7 Å². The van der Waals surface area contributed by atoms with Crippen LogP contribution in [0.15, 0.2) is 60.8 Å². The highest BCUT2D eigenvalue weighted by molar-refractivity contribution is 8.32. The van der Waals surface area contributed by atoms with Gasteiger partial charge in [0.2, 0.25) is 5.91 Å². The molecule has 46 heavy (non-hydrogen) atoms. The summed E-state index contributed by atoms with van der Waals surface area (Å²) < 4.78 is 52.3. The molecule has 3 aromatic rings. The Bertz CT molecular complexity index is 1510. The Morgan fingerprint density at radius 1 is 1.07 bits per heavy atom. The van der Waals surface area contributed by atoms with Crippen molar-refractivity contribution in [3.63, 3.8) is 0 Å². The molecule has 6 nitrogen and oxygen atoms in total. The predicted octanol–water partition coefficient (Wildman–Crippen LogP) is 7.74. The highest BCUT2D eigenvalue weighted by atomic mass is 35.5. The van der Waals surface area contributed by atoms with Crippen LogP contribution in [0.4, 0.5) is 18.0 Å². The predicted molar refractivity (Wildman–Crippen MR) is 181 cm³/mol. The Hall–Kier alpha value is -3.11. The lowest BCUT2D eigenvalue weighted by molar-refractivity contribution is -0.134. The Morgan fingerprint density at radius 2 is 1.76 bits per heavy atom. The molecule has 1 fully saturated rings. The van der Waals surface area contributed by atoms with Gasteiger partial charge in [0.1, 0.15) is 30.3 Å². The van der Waals surface area contributed by atoms with Crippen LogP contribution in [0.3, 0.4) is 0 Å². The molecule has 0 spiro atoms. The molecule has 0 saturated carbocycles. The Labute approximate surface area is 277 Å². The van der Waals surface area contributed by atoms with E-state index in [0.717, 1.165) is 29.5 Å². The van der Waals surface area contributed by atoms with Crippen LogP contribution in [-0.2, 0) is 16.1 Å². The van der Waals surface area contributed by atoms with E-state index in [0.29, 0.717) is 17.8 Å². The smallest absolute Gasteiger partial charge is 0.409 e. The third kappa shape index (κ3) is 9.03. The third-order valence-electron chi connectivity index (χ3n) is 8.18. The topological polar surface area (TPSA) is 54.8 Å². The monoisotopic (exact) mass is 679 g/mol. The third-order valence-corrected chi connectivity index (χ3v) is 9.80. The maximum atomic E-state index is 15.6. The second kappa shape index (κ2) is 14.8. The number of ether oxygens (including phenoxy) is 1. The SMILES string of the molecule is CC(C)(C)[C@H](c1cc(-c2cc(F)ccc2F)cn1Cc1ccccc1)N(C[C@@H]1CN(C(=O)OCCS(C)(C)C)C[C@@H]1F)C(=O)CCl. The van der Waals surface area contributed by atoms with E-state index >= 15 is 8.78 Å². The fourth-order valence-corrected chi connectivity index (χ4v) is 6.65. The number of hydrogen-bond donors (Lipinski definition) is 0. The first-order valence-electron chi connectivity index (χ1n) is 15.3. The standard InChI is InChI=1S/C35H45ClF3N3O3S/c1-35(2,3)33(42(32(43)18-36)22-26-21-41(23-30(26)39)34(44)45-14-15-46(4,5)6)31-16-25(28-17-27(37)12-13-29(28)38)20-40(31)19-24-10-8-7-9-11-24/h7-13,16-17,20,26,30,33H,14-15,18-19,21-23H2,1-6H3/t26-,30-,33-/m0/s1. The van der Waals surface area contributed by atoms with Gasteiger partial charge in [-0.25, -0.2) is 28.0 Å². The zero-order valence-corrected chi connectivity index (χ0v) is 29.0. The van der Waals surface area contributed by atoms with E-state index in [1.54, 1.807) is 17.2 Å². The van der Waals surface area contributed by atoms with E-state index in [2.05, 4.69) is 18.8 Å². The van der Waals surface area contributed by atoms with Crippen LogP contribution in [0, 0.1) is 23.0 Å². The summed E-state index contributed by atoms with van der Waals surface area (Å²) in [4.78, 5) is 29.4. The molecule has 11 heteroatoms. The molecule has 4 rings (SSSR count). The van der Waals surface area contributed by atoms with Crippen molar-refractivity contribution in [2.45, 2.75) is 39.5 Å². The van der Waals surface area contributed by atoms with E-state index in [9.17, 15) is 14.0 Å². The maximum Gasteiger partial charge on any atom is 0.409 e. The number of rotatable bonds is 11. The number of carbonyl (C=O) groups excluding carboxylic acids is 2. The lowest BCUT2D eigenvalue weighted by Crippen LogP contribution is -2.46. The highest BCUT2D eigenvalue weighted by Crippen LogP contribution is 2.42. The number of aromatic nitrogens is 1. The second-order valence-corrected chi connectivity index (χ2v) is 18.8. The molecular formula is C35H45ClF3N3O3S. The minimum absolute atomic E-state index is 0.00471. The summed E-state index contributed by atoms with van der Waals surface area (Å²) in [6, 6.07) is 14.1. The first kappa shape index (κ1) is 35.7. The summed E-state index contributed by atoms with van der Waals surface area (Å²) in [5.74, 6) is -1.79. The maximum absolute atomic E-state index is 15.6. The molecule has 3 atom stereocenters. The molecule has 2 heterocycles. The van der Waals surface area contributed by atoms with Crippen LogP contribution >= 0.6 is 21.6 Å². The van der Waals surface area contributed by atoms with Crippen molar-refractivity contribution < 1.29 is 27.5 Å². The molecule has 1 aromatic heterocycles. The van der Waals surface area contributed by atoms with Gasteiger partial charge in [0.25, 0.3) is 0 Å². The number of amides is 2. The molecule has 2 amide bonds. The molecule has 1 aliphatic rings. The number of likely N-dealkylation sites (tertiary alicyclic amines) is 1. The summed E-state index contributed by atoms with van der Waals surface area (Å²) in [7, 11) is -0.855. The van der Waals surface area contributed by atoms with E-state index in [1.165, 1.54) is 4.90 Å². The van der Waals surface area contributed by atoms with Gasteiger partial charge in [-0.2, -0.15) is 0 Å². The zero-order chi connectivity index (χ0) is 33.8. The van der Waals surface area contributed by atoms with Crippen molar-refractivity contribution in [2.24, 2.45) is 11.3 Å². The molecule has 0 aliphatic carbocycles. The van der Waals surface area contributed by atoms with Gasteiger partial charge in [-0.1, -0.05) is 51.1 Å². The van der Waals surface area contributed by atoms with Crippen molar-refractivity contribution in [1.82, 2.24) is 14.4 Å². The van der Waals surface area contributed by atoms with E-state index in [4.69, 9.17) is 16.3 Å². The van der Waals surface area contributed by atoms with Crippen LogP contribution < -0.4 is 0 Å². The number of alkyl halides is 2. The van der Waals surface area contributed by atoms with Gasteiger partial charge in [0, 0.05) is 54.3 Å². The van der Waals surface area contributed by atoms with Gasteiger partial charge >= 0.3 is 6.09 Å². The Balaban J connectivity index is 1.71. The molecule has 0 bridgehead atoms. The van der Waals surface area contributed by atoms with Gasteiger partial charge in [-0.05, 0) is 54.0 Å². The average molecular weight is 680 g/mol. The normalized spacial score (nSPS) is 18.0. The number of halogens is 4. The summed E-state index contributed by atoms with van der Waals surface area (Å²) in [5, 5.41) is 0.